The third kappa shape index (κ3) is 5.57. The summed E-state index contributed by atoms with van der Waals surface area (Å²) < 4.78 is 11.5. The molecule has 1 aliphatic carbocycles. The van der Waals surface area contributed by atoms with Crippen molar-refractivity contribution in [3.8, 4) is 11.5 Å². The van der Waals surface area contributed by atoms with Gasteiger partial charge in [-0.05, 0) is 59.9 Å². The normalized spacial score (nSPS) is 21.0. The average molecular weight is 557 g/mol. The molecule has 200 valence electrons. The number of hydrogen-bond acceptors (Lipinski definition) is 5. The number of amides is 1. The van der Waals surface area contributed by atoms with Gasteiger partial charge in [0.15, 0.2) is 0 Å². The van der Waals surface area contributed by atoms with E-state index < -0.39 is 18.2 Å². The highest BCUT2D eigenvalue weighted by molar-refractivity contribution is 6.30. The predicted molar refractivity (Wildman–Crippen MR) is 147 cm³/mol. The van der Waals surface area contributed by atoms with Crippen LogP contribution in [-0.2, 0) is 6.42 Å². The third-order valence-electron chi connectivity index (χ3n) is 7.03. The molecule has 2 aromatic carbocycles. The molecule has 4 atom stereocenters. The summed E-state index contributed by atoms with van der Waals surface area (Å²) >= 11 is 12.6. The first-order valence-electron chi connectivity index (χ1n) is 12.7. The Balaban J connectivity index is 1.47. The SMILES string of the molecule is CC1C=c2[nH]c3c(c2=CC1Cl)CCN(C(=O)Oc1ccc(Cl)cc1)C3c1ccc(OCCC(O)CO)cc1. The lowest BCUT2D eigenvalue weighted by Crippen LogP contribution is -2.43. The summed E-state index contributed by atoms with van der Waals surface area (Å²) in [5.41, 5.74) is 3.00. The van der Waals surface area contributed by atoms with Crippen LogP contribution in [0.2, 0.25) is 5.02 Å². The smallest absolute Gasteiger partial charge is 0.416 e. The highest BCUT2D eigenvalue weighted by Crippen LogP contribution is 2.34. The van der Waals surface area contributed by atoms with Gasteiger partial charge in [-0.25, -0.2) is 4.79 Å². The van der Waals surface area contributed by atoms with Gasteiger partial charge < -0.3 is 24.7 Å². The standard InChI is InChI=1S/C29H30Cl2N2O5/c1-17-14-26-24(15-25(17)31)23-10-12-33(29(36)38-22-8-4-19(30)5-9-22)28(27(23)32-26)18-2-6-21(7-3-18)37-13-11-20(35)16-34/h2-9,14-15,17,20,25,28,32,34-35H,10-13,16H2,1H3. The van der Waals surface area contributed by atoms with Crippen LogP contribution in [-0.4, -0.2) is 57.4 Å². The van der Waals surface area contributed by atoms with E-state index in [1.165, 1.54) is 0 Å². The lowest BCUT2D eigenvalue weighted by atomic mass is 9.92. The van der Waals surface area contributed by atoms with Crippen LogP contribution in [0.25, 0.3) is 12.2 Å². The molecule has 0 fully saturated rings. The number of benzene rings is 2. The minimum absolute atomic E-state index is 0.0884. The Bertz CT molecular complexity index is 1400. The molecular weight excluding hydrogens is 527 g/mol. The van der Waals surface area contributed by atoms with Gasteiger partial charge >= 0.3 is 6.09 Å². The number of aromatic amines is 1. The van der Waals surface area contributed by atoms with Crippen LogP contribution in [0, 0.1) is 5.92 Å². The molecule has 4 unspecified atom stereocenters. The molecule has 0 saturated heterocycles. The lowest BCUT2D eigenvalue weighted by molar-refractivity contribution is 0.0754. The van der Waals surface area contributed by atoms with Crippen molar-refractivity contribution in [3.05, 3.63) is 80.9 Å². The lowest BCUT2D eigenvalue weighted by Gasteiger charge is -2.35. The molecule has 1 aliphatic heterocycles. The molecule has 0 radical (unpaired) electrons. The summed E-state index contributed by atoms with van der Waals surface area (Å²) in [6.45, 7) is 2.54. The van der Waals surface area contributed by atoms with E-state index in [-0.39, 0.29) is 24.5 Å². The number of alkyl halides is 1. The van der Waals surface area contributed by atoms with Gasteiger partial charge in [-0.2, -0.15) is 0 Å². The molecule has 2 heterocycles. The van der Waals surface area contributed by atoms with E-state index >= 15 is 0 Å². The third-order valence-corrected chi connectivity index (χ3v) is 7.81. The van der Waals surface area contributed by atoms with Crippen LogP contribution >= 0.6 is 23.2 Å². The molecule has 7 nitrogen and oxygen atoms in total. The van der Waals surface area contributed by atoms with Crippen LogP contribution in [0.15, 0.2) is 48.5 Å². The van der Waals surface area contributed by atoms with Crippen LogP contribution in [0.1, 0.15) is 36.2 Å². The van der Waals surface area contributed by atoms with Crippen molar-refractivity contribution in [1.82, 2.24) is 9.88 Å². The van der Waals surface area contributed by atoms with Crippen molar-refractivity contribution in [2.24, 2.45) is 5.92 Å². The number of halogens is 2. The number of rotatable bonds is 7. The summed E-state index contributed by atoms with van der Waals surface area (Å²) in [6.07, 6.45) is 3.99. The molecule has 1 amide bonds. The number of carbonyl (C=O) groups excluding carboxylic acids is 1. The largest absolute Gasteiger partial charge is 0.493 e. The van der Waals surface area contributed by atoms with Gasteiger partial charge in [-0.15, -0.1) is 11.6 Å². The number of fused-ring (bicyclic) bond motifs is 3. The molecule has 1 aromatic heterocycles. The van der Waals surface area contributed by atoms with Gasteiger partial charge in [-0.1, -0.05) is 42.8 Å². The Morgan fingerprint density at radius 3 is 2.55 bits per heavy atom. The molecule has 9 heteroatoms. The Kier molecular flexibility index (Phi) is 8.00. The molecule has 0 saturated carbocycles. The van der Waals surface area contributed by atoms with E-state index in [1.54, 1.807) is 29.2 Å². The van der Waals surface area contributed by atoms with Crippen LogP contribution < -0.4 is 20.0 Å². The van der Waals surface area contributed by atoms with Crippen molar-refractivity contribution in [1.29, 1.82) is 0 Å². The second kappa shape index (κ2) is 11.4. The average Bonchev–Trinajstić information content (AvgIpc) is 3.27. The minimum atomic E-state index is -0.807. The van der Waals surface area contributed by atoms with Crippen molar-refractivity contribution < 1.29 is 24.5 Å². The number of nitrogens with one attached hydrogen (secondary N) is 1. The second-order valence-corrected chi connectivity index (χ2v) is 10.6. The summed E-state index contributed by atoms with van der Waals surface area (Å²) in [7, 11) is 0. The summed E-state index contributed by atoms with van der Waals surface area (Å²) in [5, 5.41) is 21.1. The van der Waals surface area contributed by atoms with E-state index in [9.17, 15) is 9.90 Å². The first-order chi connectivity index (χ1) is 18.3. The zero-order chi connectivity index (χ0) is 26.8. The molecule has 2 aliphatic rings. The van der Waals surface area contributed by atoms with Crippen molar-refractivity contribution in [3.63, 3.8) is 0 Å². The molecule has 38 heavy (non-hydrogen) atoms. The van der Waals surface area contributed by atoms with E-state index in [0.29, 0.717) is 35.9 Å². The van der Waals surface area contributed by atoms with Gasteiger partial charge in [0.05, 0.1) is 24.7 Å². The Labute approximate surface area is 230 Å². The fourth-order valence-corrected chi connectivity index (χ4v) is 5.28. The van der Waals surface area contributed by atoms with Gasteiger partial charge in [0.1, 0.15) is 17.5 Å². The Morgan fingerprint density at radius 1 is 1.13 bits per heavy atom. The molecule has 5 rings (SSSR count). The number of aliphatic hydroxyl groups is 2. The summed E-state index contributed by atoms with van der Waals surface area (Å²) in [4.78, 5) is 18.8. The van der Waals surface area contributed by atoms with Crippen LogP contribution in [0.5, 0.6) is 11.5 Å². The Hall–Kier alpha value is -2.97. The zero-order valence-electron chi connectivity index (χ0n) is 20.9. The monoisotopic (exact) mass is 556 g/mol. The highest BCUT2D eigenvalue weighted by Gasteiger charge is 2.36. The molecule has 0 spiro atoms. The zero-order valence-corrected chi connectivity index (χ0v) is 22.5. The van der Waals surface area contributed by atoms with Crippen LogP contribution in [0.4, 0.5) is 4.79 Å². The molecule has 3 aromatic rings. The van der Waals surface area contributed by atoms with Gasteiger partial charge in [0, 0.05) is 34.2 Å². The fraction of sp³-hybridized carbons (Fsp3) is 0.345. The Morgan fingerprint density at radius 2 is 1.84 bits per heavy atom. The number of hydrogen-bond donors (Lipinski definition) is 3. The summed E-state index contributed by atoms with van der Waals surface area (Å²) in [5.74, 6) is 1.25. The minimum Gasteiger partial charge on any atom is -0.493 e. The fourth-order valence-electron chi connectivity index (χ4n) is 4.96. The molecular formula is C29H30Cl2N2O5. The highest BCUT2D eigenvalue weighted by atomic mass is 35.5. The number of carbonyl (C=O) groups is 1. The van der Waals surface area contributed by atoms with Crippen LogP contribution in [0.3, 0.4) is 0 Å². The van der Waals surface area contributed by atoms with E-state index in [1.807, 2.05) is 24.3 Å². The van der Waals surface area contributed by atoms with Crippen molar-refractivity contribution in [2.75, 3.05) is 19.8 Å². The maximum Gasteiger partial charge on any atom is 0.416 e. The maximum atomic E-state index is 13.4. The van der Waals surface area contributed by atoms with E-state index in [2.05, 4.69) is 24.1 Å². The number of H-pyrrole nitrogens is 1. The second-order valence-electron chi connectivity index (χ2n) is 9.69. The first-order valence-corrected chi connectivity index (χ1v) is 13.5. The van der Waals surface area contributed by atoms with E-state index in [4.69, 9.17) is 37.8 Å². The molecule has 3 N–H and O–H groups in total. The maximum absolute atomic E-state index is 13.4. The van der Waals surface area contributed by atoms with E-state index in [0.717, 1.165) is 27.4 Å². The van der Waals surface area contributed by atoms with Gasteiger partial charge in [0.2, 0.25) is 0 Å². The van der Waals surface area contributed by atoms with Gasteiger partial charge in [0.25, 0.3) is 0 Å². The van der Waals surface area contributed by atoms with Crippen molar-refractivity contribution in [2.45, 2.75) is 37.3 Å². The number of aromatic nitrogens is 1. The molecule has 0 bridgehead atoms. The predicted octanol–water partition coefficient (Wildman–Crippen LogP) is 3.75. The first kappa shape index (κ1) is 26.6. The van der Waals surface area contributed by atoms with Crippen molar-refractivity contribution >= 4 is 41.4 Å². The number of ether oxygens (including phenoxy) is 2. The topological polar surface area (TPSA) is 95.0 Å². The number of aliphatic hydroxyl groups excluding tert-OH is 2. The quantitative estimate of drug-likeness (QED) is 0.385. The number of nitrogens with zero attached hydrogens (tertiary/aromatic N) is 1. The summed E-state index contributed by atoms with van der Waals surface area (Å²) in [6, 6.07) is 13.9. The van der Waals surface area contributed by atoms with Gasteiger partial charge in [-0.3, -0.25) is 4.90 Å².